The smallest absolute Gasteiger partial charge is 0.125 e. The number of nitrogens with two attached hydrogens (primary N) is 1. The first-order chi connectivity index (χ1) is 9.16. The first kappa shape index (κ1) is 13.6. The van der Waals surface area contributed by atoms with Gasteiger partial charge in [-0.2, -0.15) is 0 Å². The summed E-state index contributed by atoms with van der Waals surface area (Å²) in [4.78, 5) is 0. The molecule has 0 saturated carbocycles. The summed E-state index contributed by atoms with van der Waals surface area (Å²) in [5.74, 6) is 0.928. The molecule has 2 aromatic carbocycles. The molecule has 0 aliphatic heterocycles. The van der Waals surface area contributed by atoms with E-state index in [4.69, 9.17) is 10.5 Å². The van der Waals surface area contributed by atoms with Crippen molar-refractivity contribution < 1.29 is 4.74 Å². The van der Waals surface area contributed by atoms with Gasteiger partial charge >= 0.3 is 0 Å². The highest BCUT2D eigenvalue weighted by molar-refractivity contribution is 5.33. The molecule has 2 unspecified atom stereocenters. The second kappa shape index (κ2) is 6.39. The number of aryl methyl sites for hydroxylation is 1. The lowest BCUT2D eigenvalue weighted by Crippen LogP contribution is -2.21. The van der Waals surface area contributed by atoms with Crippen LogP contribution in [0.15, 0.2) is 54.6 Å². The predicted molar refractivity (Wildman–Crippen MR) is 79.3 cm³/mol. The molecule has 2 N–H and O–H groups in total. The van der Waals surface area contributed by atoms with E-state index < -0.39 is 0 Å². The minimum absolute atomic E-state index is 0.00213. The highest BCUT2D eigenvalue weighted by Gasteiger charge is 2.16. The molecular formula is C17H21NO. The van der Waals surface area contributed by atoms with Gasteiger partial charge in [0, 0.05) is 12.5 Å². The van der Waals surface area contributed by atoms with Crippen molar-refractivity contribution >= 4 is 0 Å². The summed E-state index contributed by atoms with van der Waals surface area (Å²) in [7, 11) is 0. The second-order valence-electron chi connectivity index (χ2n) is 5.00. The molecule has 0 bridgehead atoms. The van der Waals surface area contributed by atoms with Crippen molar-refractivity contribution in [3.05, 3.63) is 65.7 Å². The minimum Gasteiger partial charge on any atom is -0.485 e. The van der Waals surface area contributed by atoms with Crippen LogP contribution in [0.5, 0.6) is 5.75 Å². The SMILES string of the molecule is Cc1ccccc1OC(CC(C)N)c1ccccc1. The van der Waals surface area contributed by atoms with E-state index in [1.54, 1.807) is 0 Å². The Morgan fingerprint density at radius 3 is 2.26 bits per heavy atom. The zero-order valence-electron chi connectivity index (χ0n) is 11.5. The van der Waals surface area contributed by atoms with Crippen molar-refractivity contribution in [2.45, 2.75) is 32.4 Å². The third kappa shape index (κ3) is 3.83. The summed E-state index contributed by atoms with van der Waals surface area (Å²) in [5.41, 5.74) is 8.26. The number of rotatable bonds is 5. The molecular weight excluding hydrogens is 234 g/mol. The Bertz CT molecular complexity index is 508. The van der Waals surface area contributed by atoms with Gasteiger partial charge in [0.2, 0.25) is 0 Å². The van der Waals surface area contributed by atoms with Crippen LogP contribution in [0, 0.1) is 6.92 Å². The van der Waals surface area contributed by atoms with E-state index in [1.165, 1.54) is 5.56 Å². The highest BCUT2D eigenvalue weighted by atomic mass is 16.5. The lowest BCUT2D eigenvalue weighted by atomic mass is 10.0. The molecule has 0 fully saturated rings. The molecule has 19 heavy (non-hydrogen) atoms. The van der Waals surface area contributed by atoms with Crippen molar-refractivity contribution in [2.24, 2.45) is 5.73 Å². The van der Waals surface area contributed by atoms with Crippen molar-refractivity contribution in [1.29, 1.82) is 0 Å². The molecule has 0 heterocycles. The van der Waals surface area contributed by atoms with E-state index in [0.29, 0.717) is 0 Å². The largest absolute Gasteiger partial charge is 0.485 e. The molecule has 100 valence electrons. The maximum Gasteiger partial charge on any atom is 0.125 e. The van der Waals surface area contributed by atoms with E-state index in [0.717, 1.165) is 17.7 Å². The third-order valence-electron chi connectivity index (χ3n) is 3.12. The summed E-state index contributed by atoms with van der Waals surface area (Å²) in [6, 6.07) is 18.4. The standard InChI is InChI=1S/C17H21NO/c1-13-8-6-7-11-16(13)19-17(12-14(2)18)15-9-4-3-5-10-15/h3-11,14,17H,12,18H2,1-2H3. The summed E-state index contributed by atoms with van der Waals surface area (Å²) in [6.45, 7) is 4.07. The van der Waals surface area contributed by atoms with Gasteiger partial charge in [-0.15, -0.1) is 0 Å². The molecule has 0 amide bonds. The van der Waals surface area contributed by atoms with Crippen LogP contribution in [0.1, 0.15) is 30.6 Å². The number of hydrogen-bond acceptors (Lipinski definition) is 2. The van der Waals surface area contributed by atoms with Gasteiger partial charge in [-0.05, 0) is 31.0 Å². The Balaban J connectivity index is 2.22. The molecule has 0 aliphatic rings. The van der Waals surface area contributed by atoms with E-state index in [2.05, 4.69) is 25.1 Å². The lowest BCUT2D eigenvalue weighted by Gasteiger charge is -2.22. The number of ether oxygens (including phenoxy) is 1. The van der Waals surface area contributed by atoms with Gasteiger partial charge in [-0.1, -0.05) is 48.5 Å². The Kier molecular flexibility index (Phi) is 4.58. The van der Waals surface area contributed by atoms with Gasteiger partial charge in [-0.25, -0.2) is 0 Å². The van der Waals surface area contributed by atoms with Crippen molar-refractivity contribution in [3.63, 3.8) is 0 Å². The van der Waals surface area contributed by atoms with Gasteiger partial charge in [-0.3, -0.25) is 0 Å². The molecule has 2 aromatic rings. The Morgan fingerprint density at radius 1 is 1.00 bits per heavy atom. The fourth-order valence-corrected chi connectivity index (χ4v) is 2.10. The van der Waals surface area contributed by atoms with Crippen LogP contribution in [-0.2, 0) is 0 Å². The van der Waals surface area contributed by atoms with E-state index in [9.17, 15) is 0 Å². The van der Waals surface area contributed by atoms with Gasteiger partial charge in [0.1, 0.15) is 11.9 Å². The number of benzene rings is 2. The molecule has 0 aromatic heterocycles. The van der Waals surface area contributed by atoms with E-state index in [-0.39, 0.29) is 12.1 Å². The number of hydrogen-bond donors (Lipinski definition) is 1. The van der Waals surface area contributed by atoms with Crippen molar-refractivity contribution in [1.82, 2.24) is 0 Å². The van der Waals surface area contributed by atoms with Crippen LogP contribution < -0.4 is 10.5 Å². The van der Waals surface area contributed by atoms with Gasteiger partial charge in [0.15, 0.2) is 0 Å². The van der Waals surface area contributed by atoms with Crippen LogP contribution in [0.3, 0.4) is 0 Å². The zero-order valence-corrected chi connectivity index (χ0v) is 11.5. The van der Waals surface area contributed by atoms with Crippen LogP contribution in [-0.4, -0.2) is 6.04 Å². The van der Waals surface area contributed by atoms with Crippen LogP contribution in [0.25, 0.3) is 0 Å². The normalized spacial score (nSPS) is 13.8. The predicted octanol–water partition coefficient (Wildman–Crippen LogP) is 3.85. The number of para-hydroxylation sites is 1. The Labute approximate surface area is 115 Å². The second-order valence-corrected chi connectivity index (χ2v) is 5.00. The van der Waals surface area contributed by atoms with Crippen LogP contribution in [0.4, 0.5) is 0 Å². The summed E-state index contributed by atoms with van der Waals surface area (Å²) in [5, 5.41) is 0. The van der Waals surface area contributed by atoms with Gasteiger partial charge < -0.3 is 10.5 Å². The van der Waals surface area contributed by atoms with E-state index >= 15 is 0 Å². The van der Waals surface area contributed by atoms with Gasteiger partial charge in [0.05, 0.1) is 0 Å². The van der Waals surface area contributed by atoms with E-state index in [1.807, 2.05) is 43.3 Å². The maximum absolute atomic E-state index is 6.16. The molecule has 2 atom stereocenters. The molecule has 0 aliphatic carbocycles. The van der Waals surface area contributed by atoms with Gasteiger partial charge in [0.25, 0.3) is 0 Å². The molecule has 0 saturated heterocycles. The Hall–Kier alpha value is -1.80. The summed E-state index contributed by atoms with van der Waals surface area (Å²) < 4.78 is 6.16. The van der Waals surface area contributed by atoms with Crippen molar-refractivity contribution in [2.75, 3.05) is 0 Å². The lowest BCUT2D eigenvalue weighted by molar-refractivity contribution is 0.186. The first-order valence-electron chi connectivity index (χ1n) is 6.69. The van der Waals surface area contributed by atoms with Crippen LogP contribution >= 0.6 is 0 Å². The monoisotopic (exact) mass is 255 g/mol. The fourth-order valence-electron chi connectivity index (χ4n) is 2.10. The zero-order chi connectivity index (χ0) is 13.7. The third-order valence-corrected chi connectivity index (χ3v) is 3.12. The first-order valence-corrected chi connectivity index (χ1v) is 6.69. The summed E-state index contributed by atoms with van der Waals surface area (Å²) >= 11 is 0. The average Bonchev–Trinajstić information content (AvgIpc) is 2.41. The minimum atomic E-state index is 0.00213. The van der Waals surface area contributed by atoms with Crippen molar-refractivity contribution in [3.8, 4) is 5.75 Å². The molecule has 2 nitrogen and oxygen atoms in total. The topological polar surface area (TPSA) is 35.2 Å². The molecule has 0 radical (unpaired) electrons. The average molecular weight is 255 g/mol. The summed E-state index contributed by atoms with van der Waals surface area (Å²) in [6.07, 6.45) is 0.806. The molecule has 0 spiro atoms. The highest BCUT2D eigenvalue weighted by Crippen LogP contribution is 2.27. The molecule has 2 heteroatoms. The maximum atomic E-state index is 6.16. The fraction of sp³-hybridized carbons (Fsp3) is 0.294. The Morgan fingerprint density at radius 2 is 1.63 bits per heavy atom. The molecule has 2 rings (SSSR count). The van der Waals surface area contributed by atoms with Crippen LogP contribution in [0.2, 0.25) is 0 Å². The quantitative estimate of drug-likeness (QED) is 0.880.